The number of halogens is 4. The van der Waals surface area contributed by atoms with Crippen LogP contribution in [0.2, 0.25) is 0 Å². The Labute approximate surface area is 176 Å². The van der Waals surface area contributed by atoms with E-state index in [9.17, 15) is 13.2 Å². The van der Waals surface area contributed by atoms with Gasteiger partial charge in [0.15, 0.2) is 11.7 Å². The van der Waals surface area contributed by atoms with Gasteiger partial charge in [-0.05, 0) is 39.8 Å². The molecule has 6 nitrogen and oxygen atoms in total. The van der Waals surface area contributed by atoms with Gasteiger partial charge in [0, 0.05) is 44.5 Å². The van der Waals surface area contributed by atoms with E-state index in [-0.39, 0.29) is 41.6 Å². The number of alkyl halides is 3. The van der Waals surface area contributed by atoms with Crippen LogP contribution in [0.25, 0.3) is 0 Å². The zero-order valence-corrected chi connectivity index (χ0v) is 18.7. The average molecular weight is 502 g/mol. The van der Waals surface area contributed by atoms with Crippen LogP contribution in [0.4, 0.5) is 13.2 Å². The van der Waals surface area contributed by atoms with Crippen LogP contribution in [-0.2, 0) is 19.8 Å². The molecule has 1 aliphatic heterocycles. The maximum absolute atomic E-state index is 13.0. The number of aliphatic imine (C=N–C) groups is 1. The summed E-state index contributed by atoms with van der Waals surface area (Å²) >= 11 is 0. The Morgan fingerprint density at radius 1 is 1.19 bits per heavy atom. The molecule has 1 aromatic rings. The molecule has 0 saturated carbocycles. The van der Waals surface area contributed by atoms with Gasteiger partial charge in [-0.25, -0.2) is 0 Å². The molecule has 27 heavy (non-hydrogen) atoms. The Balaban J connectivity index is 0.00000364. The molecule has 2 heterocycles. The quantitative estimate of drug-likeness (QED) is 0.370. The van der Waals surface area contributed by atoms with E-state index in [4.69, 9.17) is 0 Å². The molecule has 0 spiro atoms. The van der Waals surface area contributed by atoms with Gasteiger partial charge in [-0.15, -0.1) is 24.0 Å². The number of aryl methyl sites for hydroxylation is 1. The lowest BCUT2D eigenvalue weighted by Gasteiger charge is -2.41. The van der Waals surface area contributed by atoms with Crippen molar-refractivity contribution in [3.63, 3.8) is 0 Å². The number of rotatable bonds is 5. The van der Waals surface area contributed by atoms with Gasteiger partial charge in [-0.1, -0.05) is 6.42 Å². The molecule has 0 atom stereocenters. The number of hydrogen-bond acceptors (Lipinski definition) is 3. The number of aromatic nitrogens is 2. The molecule has 2 rings (SSSR count). The predicted molar refractivity (Wildman–Crippen MR) is 111 cm³/mol. The number of piperidine rings is 1. The minimum absolute atomic E-state index is 0. The van der Waals surface area contributed by atoms with E-state index in [2.05, 4.69) is 39.5 Å². The molecular formula is C17H30F3IN6. The van der Waals surface area contributed by atoms with Crippen molar-refractivity contribution in [1.82, 2.24) is 25.3 Å². The molecule has 1 aliphatic rings. The summed E-state index contributed by atoms with van der Waals surface area (Å²) in [7, 11) is 3.09. The van der Waals surface area contributed by atoms with Crippen LogP contribution in [-0.4, -0.2) is 52.9 Å². The second-order valence-electron chi connectivity index (χ2n) is 7.31. The summed E-state index contributed by atoms with van der Waals surface area (Å²) < 4.78 is 40.2. The third-order valence-corrected chi connectivity index (χ3v) is 4.74. The van der Waals surface area contributed by atoms with Crippen LogP contribution in [0.3, 0.4) is 0 Å². The Bertz CT molecular complexity index is 621. The van der Waals surface area contributed by atoms with E-state index in [1.165, 1.54) is 37.2 Å². The van der Waals surface area contributed by atoms with Crippen molar-refractivity contribution in [3.8, 4) is 0 Å². The van der Waals surface area contributed by atoms with Crippen LogP contribution in [0.1, 0.15) is 44.4 Å². The smallest absolute Gasteiger partial charge is 0.355 e. The highest BCUT2D eigenvalue weighted by Crippen LogP contribution is 2.30. The summed E-state index contributed by atoms with van der Waals surface area (Å²) in [6, 6.07) is 0. The van der Waals surface area contributed by atoms with Gasteiger partial charge in [-0.2, -0.15) is 18.3 Å². The fraction of sp³-hybridized carbons (Fsp3) is 0.765. The molecule has 0 bridgehead atoms. The van der Waals surface area contributed by atoms with Gasteiger partial charge in [0.1, 0.15) is 0 Å². The van der Waals surface area contributed by atoms with E-state index >= 15 is 0 Å². The lowest BCUT2D eigenvalue weighted by atomic mass is 9.98. The molecule has 156 valence electrons. The topological polar surface area (TPSA) is 57.5 Å². The fourth-order valence-electron chi connectivity index (χ4n) is 3.22. The van der Waals surface area contributed by atoms with Gasteiger partial charge in [0.05, 0.1) is 0 Å². The Hall–Kier alpha value is -1.04. The first kappa shape index (κ1) is 24.0. The molecule has 0 aliphatic carbocycles. The van der Waals surface area contributed by atoms with Gasteiger partial charge in [0.25, 0.3) is 0 Å². The van der Waals surface area contributed by atoms with E-state index < -0.39 is 11.9 Å². The third kappa shape index (κ3) is 6.81. The number of nitrogens with zero attached hydrogens (tertiary/aromatic N) is 4. The van der Waals surface area contributed by atoms with Crippen molar-refractivity contribution in [2.24, 2.45) is 12.0 Å². The summed E-state index contributed by atoms with van der Waals surface area (Å²) in [6.45, 7) is 7.15. The lowest BCUT2D eigenvalue weighted by molar-refractivity contribution is -0.142. The molecule has 1 fully saturated rings. The summed E-state index contributed by atoms with van der Waals surface area (Å²) in [5.41, 5.74) is -0.821. The van der Waals surface area contributed by atoms with Crippen LogP contribution in [0.15, 0.2) is 11.2 Å². The van der Waals surface area contributed by atoms with Crippen molar-refractivity contribution in [2.45, 2.75) is 51.4 Å². The highest BCUT2D eigenvalue weighted by molar-refractivity contribution is 14.0. The number of nitrogens with one attached hydrogen (secondary N) is 2. The number of guanidine groups is 1. The SMILES string of the molecule is CN=C(NCc1cn(C)nc1C(F)(F)F)NCC(C)(C)N1CCCCC1.I. The second-order valence-corrected chi connectivity index (χ2v) is 7.31. The third-order valence-electron chi connectivity index (χ3n) is 4.74. The first-order chi connectivity index (χ1) is 12.1. The van der Waals surface area contributed by atoms with E-state index in [1.807, 2.05) is 0 Å². The number of hydrogen-bond donors (Lipinski definition) is 2. The van der Waals surface area contributed by atoms with Gasteiger partial charge in [0.2, 0.25) is 0 Å². The average Bonchev–Trinajstić information content (AvgIpc) is 2.97. The maximum Gasteiger partial charge on any atom is 0.435 e. The summed E-state index contributed by atoms with van der Waals surface area (Å²) in [5.74, 6) is 0.479. The van der Waals surface area contributed by atoms with Gasteiger partial charge >= 0.3 is 6.18 Å². The summed E-state index contributed by atoms with van der Waals surface area (Å²) in [5, 5.41) is 9.70. The Kier molecular flexibility index (Phi) is 8.84. The minimum Gasteiger partial charge on any atom is -0.355 e. The summed E-state index contributed by atoms with van der Waals surface area (Å²) in [4.78, 5) is 6.56. The van der Waals surface area contributed by atoms with Crippen molar-refractivity contribution in [1.29, 1.82) is 0 Å². The minimum atomic E-state index is -4.47. The zero-order chi connectivity index (χ0) is 19.4. The lowest BCUT2D eigenvalue weighted by Crippen LogP contribution is -2.54. The normalized spacial score (nSPS) is 16.8. The second kappa shape index (κ2) is 9.94. The van der Waals surface area contributed by atoms with E-state index in [0.717, 1.165) is 13.1 Å². The molecule has 1 saturated heterocycles. The highest BCUT2D eigenvalue weighted by Gasteiger charge is 2.36. The standard InChI is InChI=1S/C17H29F3N6.HI/c1-16(2,26-8-6-5-7-9-26)12-23-15(21-3)22-10-13-11-25(4)24-14(13)17(18,19)20;/h11H,5-10,12H2,1-4H3,(H2,21,22,23);1H. The first-order valence-electron chi connectivity index (χ1n) is 8.93. The zero-order valence-electron chi connectivity index (χ0n) is 16.4. The van der Waals surface area contributed by atoms with E-state index in [1.54, 1.807) is 7.05 Å². The largest absolute Gasteiger partial charge is 0.435 e. The first-order valence-corrected chi connectivity index (χ1v) is 8.93. The molecule has 2 N–H and O–H groups in total. The van der Waals surface area contributed by atoms with Crippen molar-refractivity contribution in [2.75, 3.05) is 26.7 Å². The molecular weight excluding hydrogens is 472 g/mol. The number of likely N-dealkylation sites (tertiary alicyclic amines) is 1. The summed E-state index contributed by atoms with van der Waals surface area (Å²) in [6.07, 6.45) is 0.595. The molecule has 10 heteroatoms. The molecule has 0 aromatic carbocycles. The van der Waals surface area contributed by atoms with Crippen molar-refractivity contribution < 1.29 is 13.2 Å². The Morgan fingerprint density at radius 2 is 1.81 bits per heavy atom. The fourth-order valence-corrected chi connectivity index (χ4v) is 3.22. The molecule has 0 unspecified atom stereocenters. The van der Waals surface area contributed by atoms with Gasteiger partial charge < -0.3 is 10.6 Å². The molecule has 0 radical (unpaired) electrons. The van der Waals surface area contributed by atoms with Crippen LogP contribution >= 0.6 is 24.0 Å². The highest BCUT2D eigenvalue weighted by atomic mass is 127. The predicted octanol–water partition coefficient (Wildman–Crippen LogP) is 2.99. The van der Waals surface area contributed by atoms with Crippen LogP contribution in [0, 0.1) is 0 Å². The van der Waals surface area contributed by atoms with Gasteiger partial charge in [-0.3, -0.25) is 14.6 Å². The maximum atomic E-state index is 13.0. The van der Waals surface area contributed by atoms with Crippen molar-refractivity contribution in [3.05, 3.63) is 17.5 Å². The molecule has 0 amide bonds. The monoisotopic (exact) mass is 502 g/mol. The van der Waals surface area contributed by atoms with Crippen molar-refractivity contribution >= 4 is 29.9 Å². The Morgan fingerprint density at radius 3 is 2.37 bits per heavy atom. The van der Waals surface area contributed by atoms with E-state index in [0.29, 0.717) is 12.5 Å². The van der Waals surface area contributed by atoms with Crippen LogP contribution < -0.4 is 10.6 Å². The molecule has 1 aromatic heterocycles. The van der Waals surface area contributed by atoms with Crippen LogP contribution in [0.5, 0.6) is 0 Å².